The number of hydrazine groups is 1. The predicted molar refractivity (Wildman–Crippen MR) is 112 cm³/mol. The molecular weight excluding hydrogens is 423 g/mol. The Kier molecular flexibility index (Phi) is 5.63. The van der Waals surface area contributed by atoms with Gasteiger partial charge in [-0.3, -0.25) is 20.4 Å². The first-order valence-corrected chi connectivity index (χ1v) is 10.1. The SMILES string of the molecule is Cc1noc2nc(-c3cccs3)cc(C(=O)NNC(=O)C(C)Oc3ccc(F)cc3)c12. The average molecular weight is 440 g/mol. The van der Waals surface area contributed by atoms with Gasteiger partial charge in [0.05, 0.1) is 27.2 Å². The molecule has 0 aliphatic heterocycles. The minimum absolute atomic E-state index is 0.230. The van der Waals surface area contributed by atoms with Gasteiger partial charge in [-0.25, -0.2) is 9.37 Å². The van der Waals surface area contributed by atoms with Gasteiger partial charge >= 0.3 is 0 Å². The van der Waals surface area contributed by atoms with E-state index in [-0.39, 0.29) is 11.3 Å². The number of ether oxygens (including phenoxy) is 1. The fourth-order valence-corrected chi connectivity index (χ4v) is 3.57. The quantitative estimate of drug-likeness (QED) is 0.459. The number of aryl methyl sites for hydroxylation is 1. The lowest BCUT2D eigenvalue weighted by Gasteiger charge is -2.15. The van der Waals surface area contributed by atoms with Gasteiger partial charge in [0.15, 0.2) is 6.10 Å². The molecule has 3 aromatic heterocycles. The molecule has 0 saturated heterocycles. The lowest BCUT2D eigenvalue weighted by molar-refractivity contribution is -0.128. The van der Waals surface area contributed by atoms with Crippen molar-refractivity contribution in [3.05, 3.63) is 64.9 Å². The third-order valence-corrected chi connectivity index (χ3v) is 5.32. The van der Waals surface area contributed by atoms with Gasteiger partial charge in [-0.1, -0.05) is 11.2 Å². The van der Waals surface area contributed by atoms with E-state index in [0.717, 1.165) is 4.88 Å². The first kappa shape index (κ1) is 20.5. The molecule has 8 nitrogen and oxygen atoms in total. The first-order chi connectivity index (χ1) is 14.9. The number of carbonyl (C=O) groups excluding carboxylic acids is 2. The van der Waals surface area contributed by atoms with Crippen molar-refractivity contribution < 1.29 is 23.2 Å². The number of rotatable bonds is 5. The number of thiophene rings is 1. The number of nitrogens with one attached hydrogen (secondary N) is 2. The third-order valence-electron chi connectivity index (χ3n) is 4.43. The van der Waals surface area contributed by atoms with Crippen LogP contribution in [0.2, 0.25) is 0 Å². The van der Waals surface area contributed by atoms with Crippen LogP contribution in [0.1, 0.15) is 23.0 Å². The molecule has 1 atom stereocenters. The van der Waals surface area contributed by atoms with E-state index in [1.54, 1.807) is 13.0 Å². The van der Waals surface area contributed by atoms with Gasteiger partial charge in [-0.2, -0.15) is 0 Å². The molecule has 2 amide bonds. The van der Waals surface area contributed by atoms with Crippen molar-refractivity contribution in [3.8, 4) is 16.3 Å². The van der Waals surface area contributed by atoms with Gasteiger partial charge in [0.1, 0.15) is 11.6 Å². The topological polar surface area (TPSA) is 106 Å². The Morgan fingerprint density at radius 1 is 1.19 bits per heavy atom. The zero-order chi connectivity index (χ0) is 22.0. The summed E-state index contributed by atoms with van der Waals surface area (Å²) in [7, 11) is 0. The summed E-state index contributed by atoms with van der Waals surface area (Å²) >= 11 is 1.47. The largest absolute Gasteiger partial charge is 0.481 e. The highest BCUT2D eigenvalue weighted by molar-refractivity contribution is 7.13. The maximum absolute atomic E-state index is 13.0. The molecule has 31 heavy (non-hydrogen) atoms. The van der Waals surface area contributed by atoms with Crippen molar-refractivity contribution in [2.45, 2.75) is 20.0 Å². The van der Waals surface area contributed by atoms with E-state index in [1.807, 2.05) is 17.5 Å². The molecule has 2 N–H and O–H groups in total. The van der Waals surface area contributed by atoms with E-state index >= 15 is 0 Å². The van der Waals surface area contributed by atoms with Crippen molar-refractivity contribution in [3.63, 3.8) is 0 Å². The molecule has 10 heteroatoms. The Bertz CT molecular complexity index is 1240. The number of hydrogen-bond acceptors (Lipinski definition) is 7. The number of aromatic nitrogens is 2. The molecule has 4 aromatic rings. The van der Waals surface area contributed by atoms with Crippen LogP contribution in [0.15, 0.2) is 52.4 Å². The number of halogens is 1. The predicted octanol–water partition coefficient (Wildman–Crippen LogP) is 3.63. The van der Waals surface area contributed by atoms with Crippen LogP contribution in [0.5, 0.6) is 5.75 Å². The highest BCUT2D eigenvalue weighted by atomic mass is 32.1. The molecule has 0 spiro atoms. The first-order valence-electron chi connectivity index (χ1n) is 9.25. The number of pyridine rings is 1. The second kappa shape index (κ2) is 8.52. The van der Waals surface area contributed by atoms with Crippen LogP contribution in [-0.4, -0.2) is 28.1 Å². The number of nitrogens with zero attached hydrogens (tertiary/aromatic N) is 2. The number of benzene rings is 1. The van der Waals surface area contributed by atoms with Crippen LogP contribution in [0.25, 0.3) is 21.7 Å². The fourth-order valence-electron chi connectivity index (χ4n) is 2.88. The van der Waals surface area contributed by atoms with Crippen molar-refractivity contribution in [1.82, 2.24) is 21.0 Å². The van der Waals surface area contributed by atoms with Gasteiger partial charge < -0.3 is 9.26 Å². The summed E-state index contributed by atoms with van der Waals surface area (Å²) in [6, 6.07) is 10.6. The molecule has 0 bridgehead atoms. The van der Waals surface area contributed by atoms with E-state index in [4.69, 9.17) is 9.26 Å². The lowest BCUT2D eigenvalue weighted by atomic mass is 10.1. The molecular formula is C21H17FN4O4S. The van der Waals surface area contributed by atoms with E-state index in [9.17, 15) is 14.0 Å². The average Bonchev–Trinajstić information content (AvgIpc) is 3.43. The summed E-state index contributed by atoms with van der Waals surface area (Å²) in [5, 5.41) is 6.25. The van der Waals surface area contributed by atoms with Crippen LogP contribution < -0.4 is 15.6 Å². The zero-order valence-electron chi connectivity index (χ0n) is 16.5. The van der Waals surface area contributed by atoms with Crippen molar-refractivity contribution in [2.75, 3.05) is 0 Å². The molecule has 0 saturated carbocycles. The van der Waals surface area contributed by atoms with Gasteiger partial charge in [0.2, 0.25) is 0 Å². The number of hydrogen-bond donors (Lipinski definition) is 2. The van der Waals surface area contributed by atoms with Gasteiger partial charge in [-0.15, -0.1) is 11.3 Å². The maximum atomic E-state index is 13.0. The lowest BCUT2D eigenvalue weighted by Crippen LogP contribution is -2.47. The summed E-state index contributed by atoms with van der Waals surface area (Å²) in [4.78, 5) is 30.5. The smallest absolute Gasteiger partial charge is 0.279 e. The molecule has 0 aliphatic carbocycles. The highest BCUT2D eigenvalue weighted by Gasteiger charge is 2.21. The monoisotopic (exact) mass is 440 g/mol. The fraction of sp³-hybridized carbons (Fsp3) is 0.143. The summed E-state index contributed by atoms with van der Waals surface area (Å²) < 4.78 is 23.7. The van der Waals surface area contributed by atoms with Crippen LogP contribution in [0.4, 0.5) is 4.39 Å². The Morgan fingerprint density at radius 3 is 2.68 bits per heavy atom. The van der Waals surface area contributed by atoms with Gasteiger partial charge in [0, 0.05) is 0 Å². The van der Waals surface area contributed by atoms with E-state index < -0.39 is 23.7 Å². The second-order valence-corrected chi connectivity index (χ2v) is 7.59. The van der Waals surface area contributed by atoms with Gasteiger partial charge in [0.25, 0.3) is 17.5 Å². The van der Waals surface area contributed by atoms with E-state index in [1.165, 1.54) is 42.5 Å². The van der Waals surface area contributed by atoms with E-state index in [2.05, 4.69) is 21.0 Å². The molecule has 4 rings (SSSR count). The van der Waals surface area contributed by atoms with Crippen molar-refractivity contribution >= 4 is 34.3 Å². The van der Waals surface area contributed by atoms with Gasteiger partial charge in [-0.05, 0) is 55.6 Å². The Labute approximate surface area is 180 Å². The number of fused-ring (bicyclic) bond motifs is 1. The number of amides is 2. The molecule has 0 fully saturated rings. The molecule has 158 valence electrons. The summed E-state index contributed by atoms with van der Waals surface area (Å²) in [6.45, 7) is 3.21. The summed E-state index contributed by atoms with van der Waals surface area (Å²) in [5.41, 5.74) is 6.28. The normalized spacial score (nSPS) is 11.8. The van der Waals surface area contributed by atoms with E-state index in [0.29, 0.717) is 22.5 Å². The molecule has 0 aliphatic rings. The minimum Gasteiger partial charge on any atom is -0.481 e. The maximum Gasteiger partial charge on any atom is 0.279 e. The molecule has 0 radical (unpaired) electrons. The Balaban J connectivity index is 1.49. The Morgan fingerprint density at radius 2 is 1.97 bits per heavy atom. The third kappa shape index (κ3) is 4.38. The van der Waals surface area contributed by atoms with Crippen LogP contribution in [0.3, 0.4) is 0 Å². The van der Waals surface area contributed by atoms with Crippen molar-refractivity contribution in [2.24, 2.45) is 0 Å². The molecule has 3 heterocycles. The van der Waals surface area contributed by atoms with Crippen LogP contribution in [-0.2, 0) is 4.79 Å². The standard InChI is InChI=1S/C21H17FN4O4S/c1-11-18-15(10-16(17-4-3-9-31-17)23-21(18)30-26-11)20(28)25-24-19(27)12(2)29-14-7-5-13(22)6-8-14/h3-10,12H,1-2H3,(H,24,27)(H,25,28). The van der Waals surface area contributed by atoms with Crippen LogP contribution in [0, 0.1) is 12.7 Å². The summed E-state index contributed by atoms with van der Waals surface area (Å²) in [6.07, 6.45) is -0.928. The zero-order valence-corrected chi connectivity index (χ0v) is 17.3. The minimum atomic E-state index is -0.928. The molecule has 1 aromatic carbocycles. The van der Waals surface area contributed by atoms with Crippen molar-refractivity contribution in [1.29, 1.82) is 0 Å². The number of carbonyl (C=O) groups is 2. The Hall–Kier alpha value is -3.79. The summed E-state index contributed by atoms with van der Waals surface area (Å²) in [5.74, 6) is -1.22. The molecule has 1 unspecified atom stereocenters. The second-order valence-electron chi connectivity index (χ2n) is 6.64. The van der Waals surface area contributed by atoms with Crippen LogP contribution >= 0.6 is 11.3 Å². The highest BCUT2D eigenvalue weighted by Crippen LogP contribution is 2.29.